The summed E-state index contributed by atoms with van der Waals surface area (Å²) >= 11 is 0. The number of nitrogens with two attached hydrogens (primary N) is 3. The molecule has 268 valence electrons. The molecule has 0 aliphatic carbocycles. The Hall–Kier alpha value is -4.71. The Labute approximate surface area is 285 Å². The van der Waals surface area contributed by atoms with Crippen LogP contribution in [0.15, 0.2) is 30.5 Å². The highest BCUT2D eigenvalue weighted by molar-refractivity contribution is 5.97. The van der Waals surface area contributed by atoms with Crippen LogP contribution in [0, 0.1) is 11.3 Å². The number of amides is 2. The van der Waals surface area contributed by atoms with Gasteiger partial charge in [0.15, 0.2) is 17.0 Å². The molecule has 3 aromatic rings. The van der Waals surface area contributed by atoms with Gasteiger partial charge < -0.3 is 52.1 Å². The van der Waals surface area contributed by atoms with Crippen molar-refractivity contribution in [1.29, 1.82) is 0 Å². The Morgan fingerprint density at radius 2 is 1.57 bits per heavy atom. The molecule has 9 N–H and O–H groups in total. The molecule has 0 aliphatic heterocycles. The number of hydrogen-bond acceptors (Lipinski definition) is 14. The van der Waals surface area contributed by atoms with E-state index in [0.717, 1.165) is 5.69 Å². The molecule has 0 aliphatic rings. The third-order valence-corrected chi connectivity index (χ3v) is 7.46. The number of aromatic nitrogens is 4. The first-order chi connectivity index (χ1) is 23.3. The lowest BCUT2D eigenvalue weighted by Crippen LogP contribution is -2.47. The molecule has 2 atom stereocenters. The summed E-state index contributed by atoms with van der Waals surface area (Å²) in [6, 6.07) is 5.35. The van der Waals surface area contributed by atoms with Crippen molar-refractivity contribution in [3.8, 4) is 0 Å². The predicted octanol–water partition coefficient (Wildman–Crippen LogP) is 0.581. The lowest BCUT2D eigenvalue weighted by molar-refractivity contribution is -0.140. The molecule has 0 radical (unpaired) electrons. The molecule has 17 nitrogen and oxygen atoms in total. The second kappa shape index (κ2) is 18.7. The van der Waals surface area contributed by atoms with Gasteiger partial charge in [0, 0.05) is 37.3 Å². The Bertz CT molecular complexity index is 1540. The fourth-order valence-electron chi connectivity index (χ4n) is 4.81. The molecule has 0 fully saturated rings. The largest absolute Gasteiger partial charge is 0.480 e. The normalized spacial score (nSPS) is 12.8. The van der Waals surface area contributed by atoms with Crippen molar-refractivity contribution in [1.82, 2.24) is 30.6 Å². The van der Waals surface area contributed by atoms with Crippen LogP contribution in [0.3, 0.4) is 0 Å². The Balaban J connectivity index is 1.52. The first-order valence-corrected chi connectivity index (χ1v) is 15.9. The smallest absolute Gasteiger partial charge is 0.326 e. The molecule has 0 saturated carbocycles. The number of carbonyl (C=O) groups excluding carboxylic acids is 2. The number of carbonyl (C=O) groups is 3. The molecular formula is C32H48N10O7. The minimum atomic E-state index is -1.30. The molecule has 0 spiro atoms. The van der Waals surface area contributed by atoms with Crippen LogP contribution >= 0.6 is 0 Å². The van der Waals surface area contributed by atoms with Gasteiger partial charge >= 0.3 is 5.97 Å². The zero-order chi connectivity index (χ0) is 36.0. The summed E-state index contributed by atoms with van der Waals surface area (Å²) in [4.78, 5) is 57.1. The first kappa shape index (κ1) is 38.7. The van der Waals surface area contributed by atoms with Crippen LogP contribution in [0.1, 0.15) is 43.2 Å². The number of aliphatic carboxylic acids is 1. The van der Waals surface area contributed by atoms with E-state index >= 15 is 0 Å². The van der Waals surface area contributed by atoms with Gasteiger partial charge in [0.1, 0.15) is 6.04 Å². The van der Waals surface area contributed by atoms with Crippen LogP contribution in [0.2, 0.25) is 0 Å². The van der Waals surface area contributed by atoms with Gasteiger partial charge in [-0.25, -0.2) is 14.8 Å². The van der Waals surface area contributed by atoms with E-state index in [1.807, 2.05) is 32.7 Å². The highest BCUT2D eigenvalue weighted by Gasteiger charge is 2.36. The first-order valence-electron chi connectivity index (χ1n) is 15.9. The van der Waals surface area contributed by atoms with Crippen LogP contribution in [-0.4, -0.2) is 109 Å². The van der Waals surface area contributed by atoms with Gasteiger partial charge in [0.25, 0.3) is 5.91 Å². The maximum atomic E-state index is 13.1. The number of carboxylic acid groups (broad SMARTS) is 1. The lowest BCUT2D eigenvalue weighted by Gasteiger charge is -2.31. The van der Waals surface area contributed by atoms with Gasteiger partial charge in [-0.1, -0.05) is 20.8 Å². The van der Waals surface area contributed by atoms with Gasteiger partial charge in [-0.05, 0) is 36.1 Å². The number of carboxylic acids is 1. The average Bonchev–Trinajstić information content (AvgIpc) is 3.04. The fourth-order valence-corrected chi connectivity index (χ4v) is 4.81. The number of benzene rings is 1. The van der Waals surface area contributed by atoms with Gasteiger partial charge in [-0.2, -0.15) is 9.97 Å². The maximum absolute atomic E-state index is 13.1. The highest BCUT2D eigenvalue weighted by atomic mass is 16.5. The zero-order valence-electron chi connectivity index (χ0n) is 28.5. The standard InChI is InChI=1S/C32H48N10O7/c1-32(2,3)23(29(44)36-10-12-48-14-16-49-15-13-47-11-9-33)17-24(30(45)46)39-28(43)20-5-7-22(8-6-20)42(4)19-21-18-37-27-25(38-21)26(34)40-31(35)41-27/h5-8,18,23-24H,9-17,19,33H2,1-4H3,(H,36,44)(H,39,43)(H,45,46)(H4,34,35,37,40,41)/t23?,24-/m1/s1. The van der Waals surface area contributed by atoms with E-state index in [1.165, 1.54) is 0 Å². The van der Waals surface area contributed by atoms with Crippen LogP contribution in [0.4, 0.5) is 17.5 Å². The summed E-state index contributed by atoms with van der Waals surface area (Å²) in [6.45, 7) is 8.97. The number of nitrogens with one attached hydrogen (secondary N) is 2. The minimum Gasteiger partial charge on any atom is -0.480 e. The fraction of sp³-hybridized carbons (Fsp3) is 0.531. The van der Waals surface area contributed by atoms with Crippen molar-refractivity contribution in [2.24, 2.45) is 17.1 Å². The van der Waals surface area contributed by atoms with E-state index in [2.05, 4.69) is 30.6 Å². The van der Waals surface area contributed by atoms with Crippen molar-refractivity contribution in [2.75, 3.05) is 76.1 Å². The van der Waals surface area contributed by atoms with Crippen LogP contribution in [-0.2, 0) is 30.3 Å². The predicted molar refractivity (Wildman–Crippen MR) is 183 cm³/mol. The molecule has 2 amide bonds. The quantitative estimate of drug-likeness (QED) is 0.0890. The topological polar surface area (TPSA) is 256 Å². The van der Waals surface area contributed by atoms with Crippen LogP contribution in [0.25, 0.3) is 11.2 Å². The van der Waals surface area contributed by atoms with Crippen LogP contribution < -0.4 is 32.7 Å². The zero-order valence-corrected chi connectivity index (χ0v) is 28.5. The monoisotopic (exact) mass is 684 g/mol. The molecule has 2 aromatic heterocycles. The minimum absolute atomic E-state index is 0.0133. The molecule has 2 heterocycles. The van der Waals surface area contributed by atoms with Crippen molar-refractivity contribution in [2.45, 2.75) is 39.8 Å². The number of rotatable bonds is 20. The van der Waals surface area contributed by atoms with E-state index in [9.17, 15) is 19.5 Å². The SMILES string of the molecule is CN(Cc1cnc2nc(N)nc(N)c2n1)c1ccc(C(=O)N[C@H](CC(C(=O)NCCOCCOCCOCCN)C(C)(C)C)C(=O)O)cc1. The lowest BCUT2D eigenvalue weighted by atomic mass is 9.76. The number of fused-ring (bicyclic) bond motifs is 1. The maximum Gasteiger partial charge on any atom is 0.326 e. The summed E-state index contributed by atoms with van der Waals surface area (Å²) in [5, 5.41) is 15.4. The summed E-state index contributed by atoms with van der Waals surface area (Å²) < 4.78 is 16.1. The molecule has 49 heavy (non-hydrogen) atoms. The summed E-state index contributed by atoms with van der Waals surface area (Å²) in [5.74, 6) is -2.71. The number of nitrogen functional groups attached to an aromatic ring is 2. The van der Waals surface area contributed by atoms with Crippen molar-refractivity contribution in [3.05, 3.63) is 41.7 Å². The summed E-state index contributed by atoms with van der Waals surface area (Å²) in [6.07, 6.45) is 1.46. The third-order valence-electron chi connectivity index (χ3n) is 7.46. The molecule has 0 bridgehead atoms. The average molecular weight is 685 g/mol. The number of anilines is 3. The van der Waals surface area contributed by atoms with Gasteiger partial charge in [0.2, 0.25) is 11.9 Å². The second-order valence-electron chi connectivity index (χ2n) is 12.3. The van der Waals surface area contributed by atoms with E-state index < -0.39 is 29.3 Å². The molecule has 17 heteroatoms. The van der Waals surface area contributed by atoms with Gasteiger partial charge in [0.05, 0.1) is 58.1 Å². The Morgan fingerprint density at radius 1 is 0.939 bits per heavy atom. The van der Waals surface area contributed by atoms with Crippen LogP contribution in [0.5, 0.6) is 0 Å². The van der Waals surface area contributed by atoms with E-state index in [0.29, 0.717) is 63.0 Å². The molecule has 1 aromatic carbocycles. The Morgan fingerprint density at radius 3 is 2.18 bits per heavy atom. The molecule has 0 saturated heterocycles. The number of hydrogen-bond donors (Lipinski definition) is 6. The van der Waals surface area contributed by atoms with E-state index in [4.69, 9.17) is 31.4 Å². The summed E-state index contributed by atoms with van der Waals surface area (Å²) in [7, 11) is 1.84. The highest BCUT2D eigenvalue weighted by Crippen LogP contribution is 2.30. The van der Waals surface area contributed by atoms with E-state index in [-0.39, 0.29) is 42.8 Å². The van der Waals surface area contributed by atoms with Crippen molar-refractivity contribution in [3.63, 3.8) is 0 Å². The number of ether oxygens (including phenoxy) is 3. The van der Waals surface area contributed by atoms with Gasteiger partial charge in [-0.3, -0.25) is 9.59 Å². The second-order valence-corrected chi connectivity index (χ2v) is 12.3. The third kappa shape index (κ3) is 12.4. The Kier molecular flexibility index (Phi) is 14.8. The van der Waals surface area contributed by atoms with E-state index in [1.54, 1.807) is 30.5 Å². The van der Waals surface area contributed by atoms with Gasteiger partial charge in [-0.15, -0.1) is 0 Å². The summed E-state index contributed by atoms with van der Waals surface area (Å²) in [5.41, 5.74) is 18.6. The molecule has 3 rings (SSSR count). The van der Waals surface area contributed by atoms with Crippen molar-refractivity contribution >= 4 is 46.4 Å². The number of nitrogens with zero attached hydrogens (tertiary/aromatic N) is 5. The van der Waals surface area contributed by atoms with Crippen molar-refractivity contribution < 1.29 is 33.7 Å². The molecule has 1 unspecified atom stereocenters. The molecular weight excluding hydrogens is 636 g/mol.